The van der Waals surface area contributed by atoms with E-state index >= 15 is 0 Å². The molecule has 0 bridgehead atoms. The minimum atomic E-state index is -0.278. The molecule has 2 heterocycles. The highest BCUT2D eigenvalue weighted by Gasteiger charge is 2.29. The van der Waals surface area contributed by atoms with Gasteiger partial charge in [0.15, 0.2) is 0 Å². The molecule has 0 aliphatic carbocycles. The van der Waals surface area contributed by atoms with E-state index in [1.54, 1.807) is 27.8 Å². The fourth-order valence-electron chi connectivity index (χ4n) is 3.86. The summed E-state index contributed by atoms with van der Waals surface area (Å²) in [6.07, 6.45) is 2.95. The van der Waals surface area contributed by atoms with Crippen LogP contribution in [0.5, 0.6) is 0 Å². The van der Waals surface area contributed by atoms with Gasteiger partial charge in [-0.3, -0.25) is 14.4 Å². The van der Waals surface area contributed by atoms with Gasteiger partial charge in [0, 0.05) is 31.2 Å². The molecule has 1 aliphatic rings. The van der Waals surface area contributed by atoms with Gasteiger partial charge in [0.1, 0.15) is 5.56 Å². The predicted octanol–water partition coefficient (Wildman–Crippen LogP) is 3.22. The molecule has 1 atom stereocenters. The number of nitrogens with zero attached hydrogens (tertiary/aromatic N) is 2. The normalized spacial score (nSPS) is 15.7. The summed E-state index contributed by atoms with van der Waals surface area (Å²) in [5, 5.41) is 3.07. The van der Waals surface area contributed by atoms with Crippen molar-refractivity contribution in [3.05, 3.63) is 69.6 Å². The molecular weight excluding hydrogens is 390 g/mol. The predicted molar refractivity (Wildman–Crippen MR) is 122 cm³/mol. The lowest BCUT2D eigenvalue weighted by atomic mass is 9.94. The molecule has 6 nitrogen and oxygen atoms in total. The van der Waals surface area contributed by atoms with Crippen molar-refractivity contribution in [2.75, 3.05) is 13.1 Å². The summed E-state index contributed by atoms with van der Waals surface area (Å²) in [4.78, 5) is 40.2. The molecule has 2 amide bonds. The largest absolute Gasteiger partial charge is 0.353 e. The van der Waals surface area contributed by atoms with E-state index in [1.165, 1.54) is 0 Å². The van der Waals surface area contributed by atoms with Crippen LogP contribution in [0.3, 0.4) is 0 Å². The highest BCUT2D eigenvalue weighted by Crippen LogP contribution is 2.19. The van der Waals surface area contributed by atoms with Gasteiger partial charge in [-0.1, -0.05) is 43.7 Å². The van der Waals surface area contributed by atoms with E-state index in [2.05, 4.69) is 19.2 Å². The molecule has 3 rings (SSSR count). The molecule has 6 heteroatoms. The van der Waals surface area contributed by atoms with Crippen LogP contribution in [0.2, 0.25) is 0 Å². The number of benzene rings is 1. The maximum Gasteiger partial charge on any atom is 0.263 e. The van der Waals surface area contributed by atoms with E-state index in [9.17, 15) is 14.4 Å². The first-order valence-corrected chi connectivity index (χ1v) is 11.1. The minimum Gasteiger partial charge on any atom is -0.353 e. The number of pyridine rings is 1. The molecule has 2 aromatic rings. The van der Waals surface area contributed by atoms with E-state index in [1.807, 2.05) is 38.1 Å². The summed E-state index contributed by atoms with van der Waals surface area (Å²) in [6, 6.07) is 11.5. The van der Waals surface area contributed by atoms with Gasteiger partial charge >= 0.3 is 0 Å². The van der Waals surface area contributed by atoms with Crippen LogP contribution in [0, 0.1) is 18.8 Å². The summed E-state index contributed by atoms with van der Waals surface area (Å²) in [5.74, 6) is 0.108. The summed E-state index contributed by atoms with van der Waals surface area (Å²) in [7, 11) is 0. The summed E-state index contributed by atoms with van der Waals surface area (Å²) in [5.41, 5.74) is 2.06. The van der Waals surface area contributed by atoms with Gasteiger partial charge in [0.25, 0.3) is 11.5 Å². The van der Waals surface area contributed by atoms with Crippen molar-refractivity contribution in [2.45, 2.75) is 53.1 Å². The average Bonchev–Trinajstić information content (AvgIpc) is 2.75. The van der Waals surface area contributed by atoms with Crippen molar-refractivity contribution in [1.29, 1.82) is 0 Å². The molecule has 31 heavy (non-hydrogen) atoms. The highest BCUT2D eigenvalue weighted by molar-refractivity contribution is 5.94. The molecule has 1 N–H and O–H groups in total. The molecule has 166 valence electrons. The summed E-state index contributed by atoms with van der Waals surface area (Å²) >= 11 is 0. The lowest BCUT2D eigenvalue weighted by Gasteiger charge is -2.32. The molecule has 1 unspecified atom stereocenters. The number of amides is 2. The van der Waals surface area contributed by atoms with Crippen LogP contribution in [0.4, 0.5) is 0 Å². The van der Waals surface area contributed by atoms with E-state index < -0.39 is 0 Å². The van der Waals surface area contributed by atoms with Crippen molar-refractivity contribution in [3.63, 3.8) is 0 Å². The first-order valence-electron chi connectivity index (χ1n) is 11.1. The number of carbonyl (C=O) groups is 2. The summed E-state index contributed by atoms with van der Waals surface area (Å²) < 4.78 is 1.58. The Labute approximate surface area is 184 Å². The van der Waals surface area contributed by atoms with Crippen molar-refractivity contribution in [1.82, 2.24) is 14.8 Å². The fraction of sp³-hybridized carbons (Fsp3) is 0.480. The van der Waals surface area contributed by atoms with Crippen molar-refractivity contribution >= 4 is 11.8 Å². The number of likely N-dealkylation sites (tertiary alicyclic amines) is 1. The molecule has 0 saturated carbocycles. The maximum absolute atomic E-state index is 13.0. The lowest BCUT2D eigenvalue weighted by molar-refractivity contribution is -0.127. The van der Waals surface area contributed by atoms with Crippen LogP contribution < -0.4 is 10.9 Å². The van der Waals surface area contributed by atoms with Gasteiger partial charge < -0.3 is 14.8 Å². The summed E-state index contributed by atoms with van der Waals surface area (Å²) in [6.45, 7) is 9.59. The Bertz CT molecular complexity index is 988. The second kappa shape index (κ2) is 9.94. The Balaban J connectivity index is 1.65. The van der Waals surface area contributed by atoms with E-state index in [-0.39, 0.29) is 34.9 Å². The number of rotatable bonds is 6. The first-order chi connectivity index (χ1) is 14.8. The lowest BCUT2D eigenvalue weighted by Crippen LogP contribution is -2.46. The van der Waals surface area contributed by atoms with Gasteiger partial charge in [-0.15, -0.1) is 0 Å². The third-order valence-electron chi connectivity index (χ3n) is 6.21. The quantitative estimate of drug-likeness (QED) is 0.776. The smallest absolute Gasteiger partial charge is 0.263 e. The number of hydrogen-bond acceptors (Lipinski definition) is 3. The zero-order valence-corrected chi connectivity index (χ0v) is 18.9. The highest BCUT2D eigenvalue weighted by atomic mass is 16.2. The number of hydrogen-bond donors (Lipinski definition) is 1. The second-order valence-corrected chi connectivity index (χ2v) is 8.95. The molecule has 1 saturated heterocycles. The zero-order valence-electron chi connectivity index (χ0n) is 18.9. The Morgan fingerprint density at radius 2 is 1.81 bits per heavy atom. The van der Waals surface area contributed by atoms with Crippen molar-refractivity contribution in [3.8, 4) is 0 Å². The standard InChI is InChI=1S/C25H33N3O3/c1-17(2)19(4)26-23(29)21-10-13-27(14-11-21)24(30)22-9-6-12-28(25(22)31)16-20-8-5-7-18(3)15-20/h5-9,12,15,17,19,21H,10-11,13-14,16H2,1-4H3,(H,26,29). The zero-order chi connectivity index (χ0) is 22.5. The Morgan fingerprint density at radius 3 is 2.45 bits per heavy atom. The molecule has 1 fully saturated rings. The Kier molecular flexibility index (Phi) is 7.31. The number of carbonyl (C=O) groups excluding carboxylic acids is 2. The van der Waals surface area contributed by atoms with Crippen LogP contribution in [0.15, 0.2) is 47.4 Å². The van der Waals surface area contributed by atoms with Gasteiger partial charge in [0.05, 0.1) is 6.54 Å². The van der Waals surface area contributed by atoms with Crippen LogP contribution in [-0.2, 0) is 11.3 Å². The van der Waals surface area contributed by atoms with E-state index in [4.69, 9.17) is 0 Å². The van der Waals surface area contributed by atoms with Gasteiger partial charge in [-0.2, -0.15) is 0 Å². The third-order valence-corrected chi connectivity index (χ3v) is 6.21. The number of aryl methyl sites for hydroxylation is 1. The average molecular weight is 424 g/mol. The van der Waals surface area contributed by atoms with Crippen LogP contribution in [-0.4, -0.2) is 40.4 Å². The van der Waals surface area contributed by atoms with Crippen LogP contribution in [0.25, 0.3) is 0 Å². The first kappa shape index (κ1) is 22.8. The Hall–Kier alpha value is -2.89. The molecule has 1 aromatic heterocycles. The van der Waals surface area contributed by atoms with Crippen molar-refractivity contribution in [2.24, 2.45) is 11.8 Å². The fourth-order valence-corrected chi connectivity index (χ4v) is 3.86. The van der Waals surface area contributed by atoms with Gasteiger partial charge in [-0.25, -0.2) is 0 Å². The van der Waals surface area contributed by atoms with E-state index in [0.29, 0.717) is 38.4 Å². The molecule has 0 spiro atoms. The van der Waals surface area contributed by atoms with Gasteiger partial charge in [-0.05, 0) is 50.3 Å². The molecule has 1 aliphatic heterocycles. The molecular formula is C25H33N3O3. The molecule has 0 radical (unpaired) electrons. The Morgan fingerprint density at radius 1 is 1.10 bits per heavy atom. The van der Waals surface area contributed by atoms with Crippen LogP contribution >= 0.6 is 0 Å². The third kappa shape index (κ3) is 5.63. The topological polar surface area (TPSA) is 71.4 Å². The van der Waals surface area contributed by atoms with Crippen LogP contribution in [0.1, 0.15) is 55.1 Å². The van der Waals surface area contributed by atoms with E-state index in [0.717, 1.165) is 11.1 Å². The number of piperidine rings is 1. The van der Waals surface area contributed by atoms with Gasteiger partial charge in [0.2, 0.25) is 5.91 Å². The second-order valence-electron chi connectivity index (χ2n) is 8.95. The maximum atomic E-state index is 13.0. The van der Waals surface area contributed by atoms with Crippen molar-refractivity contribution < 1.29 is 9.59 Å². The minimum absolute atomic E-state index is 0.0634. The number of nitrogens with one attached hydrogen (secondary N) is 1. The molecule has 1 aromatic carbocycles. The number of aromatic nitrogens is 1. The SMILES string of the molecule is Cc1cccc(Cn2cccc(C(=O)N3CCC(C(=O)NC(C)C(C)C)CC3)c2=O)c1. The monoisotopic (exact) mass is 423 g/mol.